The van der Waals surface area contributed by atoms with Crippen LogP contribution in [0.1, 0.15) is 30.1 Å². The average molecular weight is 262 g/mol. The average Bonchev–Trinajstić information content (AvgIpc) is 2.99. The van der Waals surface area contributed by atoms with Crippen LogP contribution in [0.15, 0.2) is 6.33 Å². The minimum atomic E-state index is -1.09. The van der Waals surface area contributed by atoms with E-state index in [1.807, 2.05) is 11.5 Å². The molecule has 0 amide bonds. The number of fused-ring (bicyclic) bond motifs is 1. The van der Waals surface area contributed by atoms with Crippen LogP contribution in [-0.2, 0) is 5.54 Å². The Morgan fingerprint density at radius 3 is 2.74 bits per heavy atom. The molecule has 7 nitrogen and oxygen atoms in total. The van der Waals surface area contributed by atoms with Crippen LogP contribution in [0.4, 0.5) is 5.82 Å². The Hall–Kier alpha value is -2.31. The summed E-state index contributed by atoms with van der Waals surface area (Å²) in [4.78, 5) is 19.6. The molecule has 1 saturated carbocycles. The van der Waals surface area contributed by atoms with Crippen molar-refractivity contribution in [1.82, 2.24) is 14.5 Å². The van der Waals surface area contributed by atoms with Crippen LogP contribution in [0, 0.1) is 0 Å². The summed E-state index contributed by atoms with van der Waals surface area (Å²) in [6.45, 7) is 2.04. The summed E-state index contributed by atoms with van der Waals surface area (Å²) in [5.74, 6) is -0.648. The number of aromatic carboxylic acids is 1. The van der Waals surface area contributed by atoms with Crippen molar-refractivity contribution in [3.63, 3.8) is 0 Å². The monoisotopic (exact) mass is 262 g/mol. The van der Waals surface area contributed by atoms with E-state index in [2.05, 4.69) is 9.97 Å². The number of aromatic nitrogens is 3. The number of nitrogens with zero attached hydrogens (tertiary/aromatic N) is 3. The highest BCUT2D eigenvalue weighted by Crippen LogP contribution is 2.49. The normalized spacial score (nSPS) is 16.5. The first-order valence-electron chi connectivity index (χ1n) is 5.92. The van der Waals surface area contributed by atoms with E-state index in [0.29, 0.717) is 11.0 Å². The fourth-order valence-electron chi connectivity index (χ4n) is 2.41. The molecule has 2 heterocycles. The summed E-state index contributed by atoms with van der Waals surface area (Å²) < 4.78 is 7.13. The number of nitrogens with two attached hydrogens (primary N) is 1. The molecule has 3 rings (SSSR count). The van der Waals surface area contributed by atoms with Gasteiger partial charge in [0.15, 0.2) is 0 Å². The SMILES string of the molecule is COc1c(C(=O)O)c2c(N)ncnc2n1C1(C)CC1. The van der Waals surface area contributed by atoms with Gasteiger partial charge in [-0.2, -0.15) is 0 Å². The summed E-state index contributed by atoms with van der Waals surface area (Å²) in [7, 11) is 1.45. The lowest BCUT2D eigenvalue weighted by Crippen LogP contribution is -2.14. The summed E-state index contributed by atoms with van der Waals surface area (Å²) in [5, 5.41) is 9.76. The zero-order valence-corrected chi connectivity index (χ0v) is 10.7. The van der Waals surface area contributed by atoms with Gasteiger partial charge in [0.25, 0.3) is 0 Å². The molecule has 0 saturated heterocycles. The van der Waals surface area contributed by atoms with Gasteiger partial charge in [0.2, 0.25) is 5.88 Å². The number of nitrogen functional groups attached to an aromatic ring is 1. The van der Waals surface area contributed by atoms with Crippen LogP contribution >= 0.6 is 0 Å². The molecular weight excluding hydrogens is 248 g/mol. The molecule has 3 N–H and O–H groups in total. The molecule has 2 aromatic rings. The minimum Gasteiger partial charge on any atom is -0.481 e. The van der Waals surface area contributed by atoms with E-state index in [0.717, 1.165) is 12.8 Å². The summed E-state index contributed by atoms with van der Waals surface area (Å²) in [6, 6.07) is 0. The quantitative estimate of drug-likeness (QED) is 0.862. The van der Waals surface area contributed by atoms with Crippen molar-refractivity contribution < 1.29 is 14.6 Å². The minimum absolute atomic E-state index is 0.0312. The highest BCUT2D eigenvalue weighted by molar-refractivity contribution is 6.09. The standard InChI is InChI=1S/C12H14N4O3/c1-12(3-4-12)16-9-6(8(13)14-5-15-9)7(11(17)18)10(16)19-2/h5H,3-4H2,1-2H3,(H,17,18)(H2,13,14,15). The van der Waals surface area contributed by atoms with E-state index < -0.39 is 5.97 Å². The molecule has 7 heteroatoms. The van der Waals surface area contributed by atoms with E-state index in [1.54, 1.807) is 0 Å². The van der Waals surface area contributed by atoms with Gasteiger partial charge in [-0.05, 0) is 19.8 Å². The van der Waals surface area contributed by atoms with Crippen LogP contribution in [0.25, 0.3) is 11.0 Å². The molecule has 0 bridgehead atoms. The molecule has 1 aliphatic carbocycles. The highest BCUT2D eigenvalue weighted by atomic mass is 16.5. The Labute approximate surface area is 109 Å². The van der Waals surface area contributed by atoms with Crippen LogP contribution in [-0.4, -0.2) is 32.7 Å². The number of hydrogen-bond acceptors (Lipinski definition) is 5. The molecule has 19 heavy (non-hydrogen) atoms. The smallest absolute Gasteiger partial charge is 0.342 e. The lowest BCUT2D eigenvalue weighted by Gasteiger charge is -2.15. The van der Waals surface area contributed by atoms with E-state index in [4.69, 9.17) is 10.5 Å². The molecule has 0 unspecified atom stereocenters. The fourth-order valence-corrected chi connectivity index (χ4v) is 2.41. The third-order valence-corrected chi connectivity index (χ3v) is 3.66. The summed E-state index contributed by atoms with van der Waals surface area (Å²) in [5.41, 5.74) is 6.20. The molecule has 0 radical (unpaired) electrons. The Morgan fingerprint density at radius 1 is 1.53 bits per heavy atom. The van der Waals surface area contributed by atoms with Crippen molar-refractivity contribution >= 4 is 22.8 Å². The van der Waals surface area contributed by atoms with Gasteiger partial charge in [-0.25, -0.2) is 14.8 Å². The van der Waals surface area contributed by atoms with Crippen molar-refractivity contribution in [3.8, 4) is 5.88 Å². The summed E-state index contributed by atoms with van der Waals surface area (Å²) in [6.07, 6.45) is 3.25. The first-order valence-corrected chi connectivity index (χ1v) is 5.92. The zero-order chi connectivity index (χ0) is 13.8. The number of carbonyl (C=O) groups is 1. The number of methoxy groups -OCH3 is 1. The van der Waals surface area contributed by atoms with Crippen molar-refractivity contribution in [1.29, 1.82) is 0 Å². The molecule has 0 aromatic carbocycles. The highest BCUT2D eigenvalue weighted by Gasteiger charge is 2.44. The topological polar surface area (TPSA) is 103 Å². The maximum atomic E-state index is 11.5. The van der Waals surface area contributed by atoms with E-state index >= 15 is 0 Å². The number of hydrogen-bond donors (Lipinski definition) is 2. The maximum Gasteiger partial charge on any atom is 0.342 e. The van der Waals surface area contributed by atoms with Gasteiger partial charge in [-0.1, -0.05) is 0 Å². The van der Waals surface area contributed by atoms with Gasteiger partial charge >= 0.3 is 5.97 Å². The van der Waals surface area contributed by atoms with Gasteiger partial charge in [0.1, 0.15) is 23.4 Å². The van der Waals surface area contributed by atoms with E-state index in [1.165, 1.54) is 13.4 Å². The third-order valence-electron chi connectivity index (χ3n) is 3.66. The fraction of sp³-hybridized carbons (Fsp3) is 0.417. The second-order valence-electron chi connectivity index (χ2n) is 4.98. The van der Waals surface area contributed by atoms with Crippen LogP contribution in [0.3, 0.4) is 0 Å². The Balaban J connectivity index is 2.48. The molecular formula is C12H14N4O3. The van der Waals surface area contributed by atoms with E-state index in [9.17, 15) is 9.90 Å². The first kappa shape index (κ1) is 11.8. The number of carboxylic acids is 1. The third kappa shape index (κ3) is 1.47. The predicted octanol–water partition coefficient (Wildman–Crippen LogP) is 1.23. The van der Waals surface area contributed by atoms with Crippen LogP contribution in [0.2, 0.25) is 0 Å². The van der Waals surface area contributed by atoms with Crippen LogP contribution < -0.4 is 10.5 Å². The van der Waals surface area contributed by atoms with Gasteiger partial charge < -0.3 is 15.6 Å². The molecule has 1 fully saturated rings. The zero-order valence-electron chi connectivity index (χ0n) is 10.7. The van der Waals surface area contributed by atoms with Crippen LogP contribution in [0.5, 0.6) is 5.88 Å². The Bertz CT molecular complexity index is 688. The van der Waals surface area contributed by atoms with Crippen molar-refractivity contribution in [2.75, 3.05) is 12.8 Å². The summed E-state index contributed by atoms with van der Waals surface area (Å²) >= 11 is 0. The van der Waals surface area contributed by atoms with Crippen molar-refractivity contribution in [2.45, 2.75) is 25.3 Å². The lowest BCUT2D eigenvalue weighted by molar-refractivity contribution is 0.0694. The van der Waals surface area contributed by atoms with Gasteiger partial charge in [-0.3, -0.25) is 4.57 Å². The molecule has 1 aliphatic rings. The number of ether oxygens (including phenoxy) is 1. The molecule has 100 valence electrons. The molecule has 0 spiro atoms. The Kier molecular flexibility index (Phi) is 2.23. The number of anilines is 1. The number of carboxylic acid groups (broad SMARTS) is 1. The maximum absolute atomic E-state index is 11.5. The van der Waals surface area contributed by atoms with Gasteiger partial charge in [0.05, 0.1) is 12.5 Å². The lowest BCUT2D eigenvalue weighted by atomic mass is 10.2. The molecule has 0 aliphatic heterocycles. The van der Waals surface area contributed by atoms with Gasteiger partial charge in [0, 0.05) is 5.54 Å². The predicted molar refractivity (Wildman–Crippen MR) is 68.3 cm³/mol. The first-order chi connectivity index (χ1) is 8.99. The van der Waals surface area contributed by atoms with E-state index in [-0.39, 0.29) is 22.8 Å². The van der Waals surface area contributed by atoms with Crippen molar-refractivity contribution in [2.24, 2.45) is 0 Å². The second-order valence-corrected chi connectivity index (χ2v) is 4.98. The second kappa shape index (κ2) is 3.59. The van der Waals surface area contributed by atoms with Crippen molar-refractivity contribution in [3.05, 3.63) is 11.9 Å². The van der Waals surface area contributed by atoms with Gasteiger partial charge in [-0.15, -0.1) is 0 Å². The number of rotatable bonds is 3. The molecule has 2 aromatic heterocycles. The Morgan fingerprint density at radius 2 is 2.21 bits per heavy atom. The largest absolute Gasteiger partial charge is 0.481 e. The molecule has 0 atom stereocenters.